The highest BCUT2D eigenvalue weighted by Crippen LogP contribution is 1.90. The van der Waals surface area contributed by atoms with Crippen molar-refractivity contribution < 1.29 is 14.4 Å². The normalized spacial score (nSPS) is 9.83. The Balaban J connectivity index is 2.95. The zero-order valence-electron chi connectivity index (χ0n) is 7.76. The number of hydrogen-bond donors (Lipinski definition) is 1. The molecule has 0 aliphatic rings. The molecule has 0 unspecified atom stereocenters. The van der Waals surface area contributed by atoms with E-state index in [1.165, 1.54) is 7.11 Å². The Morgan fingerprint density at radius 1 is 1.50 bits per heavy atom. The van der Waals surface area contributed by atoms with E-state index in [1.54, 1.807) is 0 Å². The van der Waals surface area contributed by atoms with E-state index in [0.29, 0.717) is 19.4 Å². The van der Waals surface area contributed by atoms with Crippen LogP contribution >= 0.6 is 0 Å². The fourth-order valence-corrected chi connectivity index (χ4v) is 0.637. The van der Waals surface area contributed by atoms with Crippen LogP contribution < -0.4 is 5.48 Å². The van der Waals surface area contributed by atoms with Gasteiger partial charge in [-0.15, -0.1) is 0 Å². The number of carbonyl (C=O) groups is 1. The highest BCUT2D eigenvalue weighted by molar-refractivity contribution is 5.68. The molecule has 1 N–H and O–H groups in total. The number of carbonyl (C=O) groups excluding carboxylic acids is 1. The van der Waals surface area contributed by atoms with E-state index in [0.717, 1.165) is 13.0 Å². The molecule has 0 aromatic carbocycles. The second-order valence-corrected chi connectivity index (χ2v) is 2.42. The van der Waals surface area contributed by atoms with E-state index in [-0.39, 0.29) is 5.97 Å². The lowest BCUT2D eigenvalue weighted by atomic mass is 10.3. The van der Waals surface area contributed by atoms with Crippen molar-refractivity contribution in [2.24, 2.45) is 0 Å². The maximum Gasteiger partial charge on any atom is 0.305 e. The van der Waals surface area contributed by atoms with Crippen molar-refractivity contribution >= 4 is 5.97 Å². The highest BCUT2D eigenvalue weighted by Gasteiger charge is 1.98. The van der Waals surface area contributed by atoms with Gasteiger partial charge in [-0.3, -0.25) is 4.79 Å². The quantitative estimate of drug-likeness (QED) is 0.354. The second kappa shape index (κ2) is 8.49. The summed E-state index contributed by atoms with van der Waals surface area (Å²) in [6, 6.07) is 0. The minimum atomic E-state index is -0.186. The minimum Gasteiger partial charge on any atom is -0.469 e. The van der Waals surface area contributed by atoms with Crippen LogP contribution in [0.15, 0.2) is 0 Å². The third-order valence-corrected chi connectivity index (χ3v) is 1.31. The molecule has 0 saturated heterocycles. The summed E-state index contributed by atoms with van der Waals surface area (Å²) in [4.78, 5) is 15.6. The van der Waals surface area contributed by atoms with Gasteiger partial charge in [-0.1, -0.05) is 6.92 Å². The number of nitrogens with one attached hydrogen (secondary N) is 1. The molecule has 0 fully saturated rings. The van der Waals surface area contributed by atoms with Crippen molar-refractivity contribution in [2.75, 3.05) is 20.3 Å². The Morgan fingerprint density at radius 3 is 2.83 bits per heavy atom. The number of hydrogen-bond acceptors (Lipinski definition) is 4. The Kier molecular flexibility index (Phi) is 8.05. The molecule has 0 radical (unpaired) electrons. The molecular formula is C8H17NO3. The first-order chi connectivity index (χ1) is 5.81. The van der Waals surface area contributed by atoms with Gasteiger partial charge in [-0.05, 0) is 12.8 Å². The molecule has 0 rings (SSSR count). The van der Waals surface area contributed by atoms with Crippen LogP contribution in [0.3, 0.4) is 0 Å². The van der Waals surface area contributed by atoms with Crippen LogP contribution in [0, 0.1) is 0 Å². The number of rotatable bonds is 7. The molecule has 0 atom stereocenters. The first kappa shape index (κ1) is 11.4. The van der Waals surface area contributed by atoms with E-state index in [9.17, 15) is 4.79 Å². The molecule has 0 aromatic rings. The predicted octanol–water partition coefficient (Wildman–Crippen LogP) is 0.871. The maximum atomic E-state index is 10.6. The molecule has 0 aliphatic carbocycles. The fraction of sp³-hybridized carbons (Fsp3) is 0.875. The van der Waals surface area contributed by atoms with Crippen LogP contribution in [0.2, 0.25) is 0 Å². The van der Waals surface area contributed by atoms with Gasteiger partial charge in [0.05, 0.1) is 13.7 Å². The van der Waals surface area contributed by atoms with E-state index in [4.69, 9.17) is 4.84 Å². The van der Waals surface area contributed by atoms with Gasteiger partial charge in [0.15, 0.2) is 0 Å². The summed E-state index contributed by atoms with van der Waals surface area (Å²) >= 11 is 0. The number of esters is 1. The summed E-state index contributed by atoms with van der Waals surface area (Å²) in [6.07, 6.45) is 2.16. The molecule has 0 amide bonds. The number of ether oxygens (including phenoxy) is 1. The molecule has 4 heteroatoms. The van der Waals surface area contributed by atoms with Crippen molar-refractivity contribution in [1.82, 2.24) is 5.48 Å². The number of hydroxylamine groups is 1. The van der Waals surface area contributed by atoms with Crippen LogP contribution in [0.4, 0.5) is 0 Å². The largest absolute Gasteiger partial charge is 0.469 e. The Morgan fingerprint density at radius 2 is 2.25 bits per heavy atom. The molecule has 0 aromatic heterocycles. The molecule has 0 aliphatic heterocycles. The van der Waals surface area contributed by atoms with Crippen molar-refractivity contribution in [1.29, 1.82) is 0 Å². The summed E-state index contributed by atoms with van der Waals surface area (Å²) in [5.41, 5.74) is 2.77. The lowest BCUT2D eigenvalue weighted by Crippen LogP contribution is -2.16. The van der Waals surface area contributed by atoms with Crippen molar-refractivity contribution in [2.45, 2.75) is 26.2 Å². The SMILES string of the molecule is CCCNOCCCC(=O)OC. The van der Waals surface area contributed by atoms with E-state index < -0.39 is 0 Å². The number of methoxy groups -OCH3 is 1. The topological polar surface area (TPSA) is 47.6 Å². The molecule has 72 valence electrons. The van der Waals surface area contributed by atoms with Crippen LogP contribution in [-0.2, 0) is 14.4 Å². The van der Waals surface area contributed by atoms with Gasteiger partial charge in [-0.2, -0.15) is 0 Å². The average Bonchev–Trinajstić information content (AvgIpc) is 2.10. The van der Waals surface area contributed by atoms with E-state index in [1.807, 2.05) is 0 Å². The summed E-state index contributed by atoms with van der Waals surface area (Å²) < 4.78 is 4.46. The van der Waals surface area contributed by atoms with Gasteiger partial charge in [0.1, 0.15) is 0 Å². The van der Waals surface area contributed by atoms with Crippen molar-refractivity contribution in [3.63, 3.8) is 0 Å². The summed E-state index contributed by atoms with van der Waals surface area (Å²) in [5.74, 6) is -0.186. The van der Waals surface area contributed by atoms with Gasteiger partial charge in [0.2, 0.25) is 0 Å². The van der Waals surface area contributed by atoms with E-state index in [2.05, 4.69) is 17.1 Å². The molecule has 0 spiro atoms. The highest BCUT2D eigenvalue weighted by atomic mass is 16.6. The Hall–Kier alpha value is -0.610. The van der Waals surface area contributed by atoms with Gasteiger partial charge in [0, 0.05) is 13.0 Å². The third-order valence-electron chi connectivity index (χ3n) is 1.31. The summed E-state index contributed by atoms with van der Waals surface area (Å²) in [6.45, 7) is 3.46. The second-order valence-electron chi connectivity index (χ2n) is 2.42. The van der Waals surface area contributed by atoms with Gasteiger partial charge in [0.25, 0.3) is 0 Å². The minimum absolute atomic E-state index is 0.186. The summed E-state index contributed by atoms with van der Waals surface area (Å²) in [7, 11) is 1.39. The Bertz CT molecular complexity index is 117. The van der Waals surface area contributed by atoms with E-state index >= 15 is 0 Å². The molecule has 4 nitrogen and oxygen atoms in total. The molecule has 12 heavy (non-hydrogen) atoms. The average molecular weight is 175 g/mol. The van der Waals surface area contributed by atoms with Gasteiger partial charge < -0.3 is 9.57 Å². The summed E-state index contributed by atoms with van der Waals surface area (Å²) in [5, 5.41) is 0. The molecule has 0 saturated carbocycles. The zero-order chi connectivity index (χ0) is 9.23. The van der Waals surface area contributed by atoms with Crippen molar-refractivity contribution in [3.05, 3.63) is 0 Å². The monoisotopic (exact) mass is 175 g/mol. The Labute approximate surface area is 73.2 Å². The van der Waals surface area contributed by atoms with Crippen molar-refractivity contribution in [3.8, 4) is 0 Å². The van der Waals surface area contributed by atoms with Gasteiger partial charge >= 0.3 is 5.97 Å². The smallest absolute Gasteiger partial charge is 0.305 e. The fourth-order valence-electron chi connectivity index (χ4n) is 0.637. The zero-order valence-corrected chi connectivity index (χ0v) is 7.76. The maximum absolute atomic E-state index is 10.6. The van der Waals surface area contributed by atoms with Crippen LogP contribution in [0.1, 0.15) is 26.2 Å². The molecule has 0 bridgehead atoms. The predicted molar refractivity (Wildman–Crippen MR) is 45.5 cm³/mol. The third kappa shape index (κ3) is 7.50. The lowest BCUT2D eigenvalue weighted by molar-refractivity contribution is -0.141. The van der Waals surface area contributed by atoms with Gasteiger partial charge in [-0.25, -0.2) is 5.48 Å². The van der Waals surface area contributed by atoms with Crippen LogP contribution in [-0.4, -0.2) is 26.2 Å². The lowest BCUT2D eigenvalue weighted by Gasteiger charge is -2.02. The standard InChI is InChI=1S/C8H17NO3/c1-3-6-9-12-7-4-5-8(10)11-2/h9H,3-7H2,1-2H3. The molecular weight excluding hydrogens is 158 g/mol. The van der Waals surface area contributed by atoms with Crippen LogP contribution in [0.5, 0.6) is 0 Å². The molecule has 0 heterocycles. The first-order valence-corrected chi connectivity index (χ1v) is 4.22. The first-order valence-electron chi connectivity index (χ1n) is 4.22. The van der Waals surface area contributed by atoms with Crippen LogP contribution in [0.25, 0.3) is 0 Å².